The number of rotatable bonds is 9. The summed E-state index contributed by atoms with van der Waals surface area (Å²) in [7, 11) is 0. The van der Waals surface area contributed by atoms with E-state index in [1.807, 2.05) is 0 Å². The van der Waals surface area contributed by atoms with Gasteiger partial charge in [0.05, 0.1) is 19.3 Å². The Morgan fingerprint density at radius 2 is 0.595 bits per heavy atom. The molecular weight excluding hydrogens is 495 g/mol. The Bertz CT molecular complexity index is 1030. The van der Waals surface area contributed by atoms with E-state index in [0.29, 0.717) is 16.7 Å². The number of aliphatic carboxylic acids is 3. The number of hydrogen-bond acceptors (Lipinski definition) is 9. The maximum absolute atomic E-state index is 11.0. The predicted octanol–water partition coefficient (Wildman–Crippen LogP) is -0.353. The van der Waals surface area contributed by atoms with Crippen molar-refractivity contribution < 1.29 is 44.1 Å². The molecule has 0 saturated carbocycles. The minimum Gasteiger partial charge on any atom is -0.550 e. The van der Waals surface area contributed by atoms with E-state index >= 15 is 0 Å². The molecule has 0 fully saturated rings. The summed E-state index contributed by atoms with van der Waals surface area (Å²) < 4.78 is 0. The quantitative estimate of drug-likeness (QED) is 0.209. The van der Waals surface area contributed by atoms with Crippen molar-refractivity contribution in [3.63, 3.8) is 0 Å². The molecule has 9 nitrogen and oxygen atoms in total. The number of benzene rings is 3. The van der Waals surface area contributed by atoms with Gasteiger partial charge in [-0.15, -0.1) is 0 Å². The molecule has 0 amide bonds. The van der Waals surface area contributed by atoms with Crippen LogP contribution in [-0.4, -0.2) is 52.6 Å². The van der Waals surface area contributed by atoms with E-state index in [4.69, 9.17) is 0 Å². The van der Waals surface area contributed by atoms with Crippen LogP contribution in [0, 0.1) is 0 Å². The van der Waals surface area contributed by atoms with E-state index in [1.54, 1.807) is 91.0 Å². The van der Waals surface area contributed by atoms with Crippen LogP contribution >= 0.6 is 0 Å². The van der Waals surface area contributed by atoms with E-state index in [2.05, 4.69) is 0 Å². The van der Waals surface area contributed by atoms with Gasteiger partial charge < -0.3 is 29.7 Å². The monoisotopic (exact) mass is 516 g/mol. The Balaban J connectivity index is 0.000000518. The van der Waals surface area contributed by atoms with Gasteiger partial charge in [0.2, 0.25) is 0 Å². The van der Waals surface area contributed by atoms with Crippen molar-refractivity contribution in [3.05, 3.63) is 108 Å². The summed E-state index contributed by atoms with van der Waals surface area (Å²) in [6.45, 7) is 0. The largest absolute Gasteiger partial charge is 3.00 e. The van der Waals surface area contributed by atoms with Gasteiger partial charge in [-0.3, -0.25) is 14.4 Å². The fourth-order valence-electron chi connectivity index (χ4n) is 2.57. The Labute approximate surface area is 223 Å². The zero-order chi connectivity index (χ0) is 26.9. The van der Waals surface area contributed by atoms with Gasteiger partial charge in [0.15, 0.2) is 17.3 Å². The molecule has 0 spiro atoms. The minimum absolute atomic E-state index is 0. The normalized spacial score (nSPS) is 9.08. The van der Waals surface area contributed by atoms with Crippen LogP contribution in [0.2, 0.25) is 0 Å². The van der Waals surface area contributed by atoms with Crippen LogP contribution in [-0.2, 0) is 14.4 Å². The number of carbonyl (C=O) groups is 6. The van der Waals surface area contributed by atoms with Crippen LogP contribution in [0.25, 0.3) is 0 Å². The standard InChI is InChI=1S/3C9H8O3.Al/c3*10-8(6-9(11)12)7-4-2-1-3-5-7;/h3*1-5H,6H2,(H,11,12);/q;;;+3/p-3. The maximum Gasteiger partial charge on any atom is 3.00 e. The van der Waals surface area contributed by atoms with Gasteiger partial charge in [-0.05, 0) is 0 Å². The van der Waals surface area contributed by atoms with Gasteiger partial charge in [0, 0.05) is 34.6 Å². The first kappa shape index (κ1) is 32.6. The molecule has 0 saturated heterocycles. The molecule has 0 radical (unpaired) electrons. The summed E-state index contributed by atoms with van der Waals surface area (Å²) in [4.78, 5) is 63.3. The molecule has 0 aliphatic carbocycles. The number of ketones is 3. The van der Waals surface area contributed by atoms with E-state index in [9.17, 15) is 44.1 Å². The van der Waals surface area contributed by atoms with Crippen molar-refractivity contribution in [1.82, 2.24) is 0 Å². The van der Waals surface area contributed by atoms with Crippen LogP contribution in [0.3, 0.4) is 0 Å². The number of carboxylic acid groups (broad SMARTS) is 3. The molecule has 0 aromatic heterocycles. The van der Waals surface area contributed by atoms with Crippen molar-refractivity contribution in [2.75, 3.05) is 0 Å². The molecule has 0 aliphatic rings. The Kier molecular flexibility index (Phi) is 15.8. The first-order chi connectivity index (χ1) is 17.1. The first-order valence-electron chi connectivity index (χ1n) is 10.4. The second-order valence-corrected chi connectivity index (χ2v) is 7.01. The van der Waals surface area contributed by atoms with Crippen LogP contribution in [0.15, 0.2) is 91.0 Å². The van der Waals surface area contributed by atoms with E-state index < -0.39 is 54.5 Å². The topological polar surface area (TPSA) is 172 Å². The summed E-state index contributed by atoms with van der Waals surface area (Å²) in [6, 6.07) is 24.8. The summed E-state index contributed by atoms with van der Waals surface area (Å²) in [5.74, 6) is -5.29. The molecule has 0 heterocycles. The zero-order valence-corrected chi connectivity index (χ0v) is 20.7. The molecule has 3 aromatic carbocycles. The van der Waals surface area contributed by atoms with E-state index in [1.165, 1.54) is 0 Å². The average molecular weight is 516 g/mol. The SMILES string of the molecule is O=C([O-])CC(=O)c1ccccc1.O=C([O-])CC(=O)c1ccccc1.O=C([O-])CC(=O)c1ccccc1.[Al+3]. The molecule has 186 valence electrons. The van der Waals surface area contributed by atoms with E-state index in [-0.39, 0.29) is 17.4 Å². The number of carboxylic acids is 3. The molecule has 0 unspecified atom stereocenters. The summed E-state index contributed by atoms with van der Waals surface area (Å²) >= 11 is 0. The van der Waals surface area contributed by atoms with Crippen molar-refractivity contribution in [2.45, 2.75) is 19.3 Å². The molecule has 0 bridgehead atoms. The predicted molar refractivity (Wildman–Crippen MR) is 127 cm³/mol. The van der Waals surface area contributed by atoms with Crippen LogP contribution in [0.5, 0.6) is 0 Å². The third-order valence-electron chi connectivity index (χ3n) is 4.20. The molecule has 0 N–H and O–H groups in total. The fourth-order valence-corrected chi connectivity index (χ4v) is 2.57. The third kappa shape index (κ3) is 14.6. The number of hydrogen-bond donors (Lipinski definition) is 0. The average Bonchev–Trinajstić information content (AvgIpc) is 2.85. The molecule has 37 heavy (non-hydrogen) atoms. The fraction of sp³-hybridized carbons (Fsp3) is 0.111. The van der Waals surface area contributed by atoms with Gasteiger partial charge in [-0.1, -0.05) is 91.0 Å². The Hall–Kier alpha value is -4.39. The summed E-state index contributed by atoms with van der Waals surface area (Å²) in [5.41, 5.74) is 1.21. The van der Waals surface area contributed by atoms with Gasteiger partial charge >= 0.3 is 17.4 Å². The van der Waals surface area contributed by atoms with Gasteiger partial charge in [-0.2, -0.15) is 0 Å². The second-order valence-electron chi connectivity index (χ2n) is 7.01. The molecular formula is C27H21AlO9. The van der Waals surface area contributed by atoms with Crippen molar-refractivity contribution in [2.24, 2.45) is 0 Å². The number of carbonyl (C=O) groups excluding carboxylic acids is 6. The minimum atomic E-state index is -1.34. The van der Waals surface area contributed by atoms with Gasteiger partial charge in [0.25, 0.3) is 0 Å². The molecule has 0 atom stereocenters. The maximum atomic E-state index is 11.0. The van der Waals surface area contributed by atoms with Crippen LogP contribution < -0.4 is 15.3 Å². The van der Waals surface area contributed by atoms with Gasteiger partial charge in [-0.25, -0.2) is 0 Å². The van der Waals surface area contributed by atoms with E-state index in [0.717, 1.165) is 0 Å². The zero-order valence-electron chi connectivity index (χ0n) is 19.5. The second kappa shape index (κ2) is 18.0. The number of Topliss-reactive ketones (excluding diaryl/α,β-unsaturated/α-hetero) is 3. The Morgan fingerprint density at radius 1 is 0.405 bits per heavy atom. The third-order valence-corrected chi connectivity index (χ3v) is 4.20. The van der Waals surface area contributed by atoms with Crippen molar-refractivity contribution in [3.8, 4) is 0 Å². The molecule has 3 aromatic rings. The van der Waals surface area contributed by atoms with Crippen molar-refractivity contribution in [1.29, 1.82) is 0 Å². The Morgan fingerprint density at radius 3 is 0.757 bits per heavy atom. The molecule has 0 aliphatic heterocycles. The smallest absolute Gasteiger partial charge is 0.550 e. The summed E-state index contributed by atoms with van der Waals surface area (Å²) in [5, 5.41) is 30.2. The van der Waals surface area contributed by atoms with Crippen LogP contribution in [0.1, 0.15) is 50.3 Å². The summed E-state index contributed by atoms with van der Waals surface area (Å²) in [6.07, 6.45) is -1.65. The van der Waals surface area contributed by atoms with Gasteiger partial charge in [0.1, 0.15) is 0 Å². The molecule has 3 rings (SSSR count). The van der Waals surface area contributed by atoms with Crippen molar-refractivity contribution >= 4 is 52.6 Å². The molecule has 10 heteroatoms. The first-order valence-corrected chi connectivity index (χ1v) is 10.4. The van der Waals surface area contributed by atoms with Crippen LogP contribution in [0.4, 0.5) is 0 Å².